The standard InChI is InChI=1S/C12H10N4O2S/c1-8-2-3-11(19-8)7-15-12-9(5-13)4-10(6-14-12)16(17)18/h2-4,6H,7H2,1H3,(H,14,15). The van der Waals surface area contributed by atoms with Gasteiger partial charge in [-0.1, -0.05) is 0 Å². The summed E-state index contributed by atoms with van der Waals surface area (Å²) in [5.41, 5.74) is -0.0171. The predicted molar refractivity (Wildman–Crippen MR) is 72.0 cm³/mol. The van der Waals surface area contributed by atoms with E-state index in [2.05, 4.69) is 10.3 Å². The van der Waals surface area contributed by atoms with Crippen molar-refractivity contribution in [3.8, 4) is 6.07 Å². The maximum Gasteiger partial charge on any atom is 0.289 e. The number of thiophene rings is 1. The van der Waals surface area contributed by atoms with Crippen molar-refractivity contribution >= 4 is 22.8 Å². The molecule has 0 spiro atoms. The summed E-state index contributed by atoms with van der Waals surface area (Å²) in [6.07, 6.45) is 1.14. The zero-order valence-electron chi connectivity index (χ0n) is 10.1. The van der Waals surface area contributed by atoms with Gasteiger partial charge in [-0.25, -0.2) is 4.98 Å². The van der Waals surface area contributed by atoms with E-state index in [1.807, 2.05) is 25.1 Å². The number of hydrogen-bond donors (Lipinski definition) is 1. The highest BCUT2D eigenvalue weighted by Gasteiger charge is 2.12. The molecule has 7 heteroatoms. The zero-order chi connectivity index (χ0) is 13.8. The lowest BCUT2D eigenvalue weighted by atomic mass is 10.2. The second kappa shape index (κ2) is 5.46. The second-order valence-corrected chi connectivity index (χ2v) is 5.20. The molecular formula is C12H10N4O2S. The molecule has 96 valence electrons. The minimum absolute atomic E-state index is 0.169. The van der Waals surface area contributed by atoms with Gasteiger partial charge in [0.2, 0.25) is 0 Å². The molecule has 0 saturated heterocycles. The Morgan fingerprint density at radius 1 is 1.58 bits per heavy atom. The number of anilines is 1. The molecule has 0 unspecified atom stereocenters. The number of nitrogens with zero attached hydrogens (tertiary/aromatic N) is 3. The van der Waals surface area contributed by atoms with E-state index in [1.54, 1.807) is 11.3 Å². The monoisotopic (exact) mass is 274 g/mol. The molecule has 2 aromatic heterocycles. The van der Waals surface area contributed by atoms with E-state index < -0.39 is 4.92 Å². The molecule has 1 N–H and O–H groups in total. The summed E-state index contributed by atoms with van der Waals surface area (Å²) < 4.78 is 0. The van der Waals surface area contributed by atoms with Crippen LogP contribution in [0.5, 0.6) is 0 Å². The van der Waals surface area contributed by atoms with E-state index in [9.17, 15) is 10.1 Å². The van der Waals surface area contributed by atoms with Crippen LogP contribution < -0.4 is 5.32 Å². The lowest BCUT2D eigenvalue weighted by molar-refractivity contribution is -0.385. The van der Waals surface area contributed by atoms with Crippen molar-refractivity contribution in [1.82, 2.24) is 4.98 Å². The van der Waals surface area contributed by atoms with E-state index in [-0.39, 0.29) is 11.3 Å². The average molecular weight is 274 g/mol. The summed E-state index contributed by atoms with van der Waals surface area (Å²) in [7, 11) is 0. The Morgan fingerprint density at radius 3 is 2.95 bits per heavy atom. The van der Waals surface area contributed by atoms with Crippen LogP contribution in [0.1, 0.15) is 15.3 Å². The van der Waals surface area contributed by atoms with Crippen molar-refractivity contribution in [3.05, 3.63) is 49.8 Å². The van der Waals surface area contributed by atoms with Crippen molar-refractivity contribution < 1.29 is 4.92 Å². The largest absolute Gasteiger partial charge is 0.364 e. The van der Waals surface area contributed by atoms with Crippen LogP contribution in [0.2, 0.25) is 0 Å². The van der Waals surface area contributed by atoms with Gasteiger partial charge in [0.15, 0.2) is 0 Å². The van der Waals surface area contributed by atoms with Crippen LogP contribution >= 0.6 is 11.3 Å². The molecule has 0 fully saturated rings. The first kappa shape index (κ1) is 13.0. The van der Waals surface area contributed by atoms with Crippen LogP contribution in [0, 0.1) is 28.4 Å². The third-order valence-corrected chi connectivity index (χ3v) is 3.43. The summed E-state index contributed by atoms with van der Waals surface area (Å²) in [5, 5.41) is 22.6. The SMILES string of the molecule is Cc1ccc(CNc2ncc([N+](=O)[O-])cc2C#N)s1. The normalized spacial score (nSPS) is 9.89. The molecule has 2 heterocycles. The number of nitrogens with one attached hydrogen (secondary N) is 1. The van der Waals surface area contributed by atoms with E-state index in [0.29, 0.717) is 12.4 Å². The quantitative estimate of drug-likeness (QED) is 0.683. The zero-order valence-corrected chi connectivity index (χ0v) is 10.9. The van der Waals surface area contributed by atoms with Gasteiger partial charge in [0, 0.05) is 15.8 Å². The Bertz CT molecular complexity index is 660. The first-order valence-corrected chi connectivity index (χ1v) is 6.25. The number of aromatic nitrogens is 1. The van der Waals surface area contributed by atoms with Crippen LogP contribution in [-0.4, -0.2) is 9.91 Å². The van der Waals surface area contributed by atoms with Gasteiger partial charge in [-0.2, -0.15) is 5.26 Å². The van der Waals surface area contributed by atoms with Gasteiger partial charge in [0.05, 0.1) is 11.5 Å². The Hall–Kier alpha value is -2.46. The third-order valence-electron chi connectivity index (χ3n) is 2.43. The second-order valence-electron chi connectivity index (χ2n) is 3.82. The predicted octanol–water partition coefficient (Wildman–Crippen LogP) is 2.84. The molecule has 0 saturated carbocycles. The molecule has 0 aromatic carbocycles. The highest BCUT2D eigenvalue weighted by molar-refractivity contribution is 7.11. The maximum absolute atomic E-state index is 10.6. The summed E-state index contributed by atoms with van der Waals surface area (Å²) >= 11 is 1.65. The molecule has 19 heavy (non-hydrogen) atoms. The number of pyridine rings is 1. The minimum atomic E-state index is -0.569. The Labute approximate surface area is 113 Å². The number of hydrogen-bond acceptors (Lipinski definition) is 6. The number of nitriles is 1. The maximum atomic E-state index is 10.6. The summed E-state index contributed by atoms with van der Waals surface area (Å²) in [6.45, 7) is 2.55. The van der Waals surface area contributed by atoms with Gasteiger partial charge in [0.25, 0.3) is 5.69 Å². The van der Waals surface area contributed by atoms with Crippen LogP contribution in [0.4, 0.5) is 11.5 Å². The van der Waals surface area contributed by atoms with Gasteiger partial charge < -0.3 is 5.32 Å². The lowest BCUT2D eigenvalue weighted by Crippen LogP contribution is -2.03. The third kappa shape index (κ3) is 3.05. The number of nitro groups is 1. The minimum Gasteiger partial charge on any atom is -0.364 e. The molecule has 2 aromatic rings. The summed E-state index contributed by atoms with van der Waals surface area (Å²) in [4.78, 5) is 16.3. The van der Waals surface area contributed by atoms with Crippen molar-refractivity contribution in [1.29, 1.82) is 5.26 Å². The summed E-state index contributed by atoms with van der Waals surface area (Å²) in [6, 6.07) is 7.12. The first-order chi connectivity index (χ1) is 9.10. The van der Waals surface area contributed by atoms with E-state index in [1.165, 1.54) is 10.9 Å². The fourth-order valence-corrected chi connectivity index (χ4v) is 2.36. The molecule has 0 aliphatic rings. The van der Waals surface area contributed by atoms with Crippen molar-refractivity contribution in [3.63, 3.8) is 0 Å². The van der Waals surface area contributed by atoms with Crippen LogP contribution in [0.3, 0.4) is 0 Å². The highest BCUT2D eigenvalue weighted by Crippen LogP contribution is 2.20. The van der Waals surface area contributed by atoms with Gasteiger partial charge in [-0.05, 0) is 19.1 Å². The fraction of sp³-hybridized carbons (Fsp3) is 0.167. The van der Waals surface area contributed by atoms with Crippen LogP contribution in [0.15, 0.2) is 24.4 Å². The fourth-order valence-electron chi connectivity index (χ4n) is 1.53. The lowest BCUT2D eigenvalue weighted by Gasteiger charge is -2.05. The summed E-state index contributed by atoms with van der Waals surface area (Å²) in [5.74, 6) is 0.360. The van der Waals surface area contributed by atoms with E-state index in [4.69, 9.17) is 5.26 Å². The molecule has 0 atom stereocenters. The van der Waals surface area contributed by atoms with Crippen molar-refractivity contribution in [2.75, 3.05) is 5.32 Å². The van der Waals surface area contributed by atoms with Gasteiger partial charge in [0.1, 0.15) is 23.6 Å². The van der Waals surface area contributed by atoms with Crippen LogP contribution in [0.25, 0.3) is 0 Å². The van der Waals surface area contributed by atoms with Gasteiger partial charge >= 0.3 is 0 Å². The highest BCUT2D eigenvalue weighted by atomic mass is 32.1. The molecule has 0 bridgehead atoms. The average Bonchev–Trinajstić information content (AvgIpc) is 2.81. The van der Waals surface area contributed by atoms with E-state index in [0.717, 1.165) is 11.1 Å². The molecule has 0 aliphatic carbocycles. The first-order valence-electron chi connectivity index (χ1n) is 5.44. The Morgan fingerprint density at radius 2 is 2.37 bits per heavy atom. The molecule has 0 radical (unpaired) electrons. The molecular weight excluding hydrogens is 264 g/mol. The molecule has 6 nitrogen and oxygen atoms in total. The molecule has 0 aliphatic heterocycles. The van der Waals surface area contributed by atoms with Gasteiger partial charge in [-0.15, -0.1) is 11.3 Å². The molecule has 0 amide bonds. The Kier molecular flexibility index (Phi) is 3.73. The van der Waals surface area contributed by atoms with Crippen molar-refractivity contribution in [2.24, 2.45) is 0 Å². The topological polar surface area (TPSA) is 91.8 Å². The van der Waals surface area contributed by atoms with Gasteiger partial charge in [-0.3, -0.25) is 10.1 Å². The Balaban J connectivity index is 2.16. The molecule has 2 rings (SSSR count). The van der Waals surface area contributed by atoms with Crippen molar-refractivity contribution in [2.45, 2.75) is 13.5 Å². The number of rotatable bonds is 4. The van der Waals surface area contributed by atoms with Crippen LogP contribution in [-0.2, 0) is 6.54 Å². The van der Waals surface area contributed by atoms with E-state index >= 15 is 0 Å². The smallest absolute Gasteiger partial charge is 0.289 e. The number of aryl methyl sites for hydroxylation is 1.